The van der Waals surface area contributed by atoms with E-state index in [0.29, 0.717) is 6.42 Å². The summed E-state index contributed by atoms with van der Waals surface area (Å²) in [5.41, 5.74) is 6.27. The summed E-state index contributed by atoms with van der Waals surface area (Å²) in [6.45, 7) is 2.10. The number of amides is 1. The summed E-state index contributed by atoms with van der Waals surface area (Å²) in [7, 11) is -0.472. The van der Waals surface area contributed by atoms with Gasteiger partial charge in [0.15, 0.2) is 0 Å². The Labute approximate surface area is 108 Å². The number of rotatable bonds is 6. The molecular formula is C13H18BNO3. The van der Waals surface area contributed by atoms with E-state index in [4.69, 9.17) is 15.0 Å². The van der Waals surface area contributed by atoms with Crippen LogP contribution in [0.25, 0.3) is 0 Å². The van der Waals surface area contributed by atoms with E-state index in [2.05, 4.69) is 6.92 Å². The average molecular weight is 247 g/mol. The third-order valence-electron chi connectivity index (χ3n) is 3.15. The van der Waals surface area contributed by atoms with Gasteiger partial charge in [-0.1, -0.05) is 50.1 Å². The third-order valence-corrected chi connectivity index (χ3v) is 3.15. The highest BCUT2D eigenvalue weighted by atomic mass is 16.8. The molecule has 0 unspecified atom stereocenters. The first-order valence-electron chi connectivity index (χ1n) is 6.38. The summed E-state index contributed by atoms with van der Waals surface area (Å²) in [6, 6.07) is 9.54. The molecule has 0 aromatic heterocycles. The van der Waals surface area contributed by atoms with Gasteiger partial charge in [-0.2, -0.15) is 0 Å². The van der Waals surface area contributed by atoms with Crippen LogP contribution >= 0.6 is 0 Å². The molecule has 1 heterocycles. The van der Waals surface area contributed by atoms with Gasteiger partial charge in [-0.15, -0.1) is 0 Å². The number of carbonyl (C=O) groups excluding carboxylic acids is 1. The fraction of sp³-hybridized carbons (Fsp3) is 0.462. The lowest BCUT2D eigenvalue weighted by molar-refractivity contribution is -0.214. The Morgan fingerprint density at radius 2 is 1.94 bits per heavy atom. The van der Waals surface area contributed by atoms with E-state index < -0.39 is 18.8 Å². The van der Waals surface area contributed by atoms with Crippen molar-refractivity contribution in [3.05, 3.63) is 30.3 Å². The Kier molecular flexibility index (Phi) is 4.04. The van der Waals surface area contributed by atoms with Crippen LogP contribution in [0.5, 0.6) is 0 Å². The molecule has 2 N–H and O–H groups in total. The molecule has 1 fully saturated rings. The van der Waals surface area contributed by atoms with Crippen molar-refractivity contribution in [1.82, 2.24) is 0 Å². The van der Waals surface area contributed by atoms with Crippen molar-refractivity contribution in [3.8, 4) is 0 Å². The second-order valence-corrected chi connectivity index (χ2v) is 4.55. The van der Waals surface area contributed by atoms with Gasteiger partial charge in [0.2, 0.25) is 5.79 Å². The number of primary amides is 1. The van der Waals surface area contributed by atoms with Crippen molar-refractivity contribution in [2.45, 2.75) is 38.4 Å². The second-order valence-electron chi connectivity index (χ2n) is 4.55. The van der Waals surface area contributed by atoms with E-state index in [9.17, 15) is 4.79 Å². The monoisotopic (exact) mass is 247 g/mol. The molecule has 1 aliphatic heterocycles. The molecular weight excluding hydrogens is 229 g/mol. The summed E-state index contributed by atoms with van der Waals surface area (Å²) in [4.78, 5) is 11.4. The summed E-state index contributed by atoms with van der Waals surface area (Å²) >= 11 is 0. The lowest BCUT2D eigenvalue weighted by atomic mass is 9.74. The third kappa shape index (κ3) is 2.57. The lowest BCUT2D eigenvalue weighted by Crippen LogP contribution is -2.67. The maximum Gasteiger partial charge on any atom is 0.498 e. The van der Waals surface area contributed by atoms with Crippen LogP contribution in [0.15, 0.2) is 30.3 Å². The molecule has 1 amide bonds. The highest BCUT2D eigenvalue weighted by Crippen LogP contribution is 2.31. The van der Waals surface area contributed by atoms with Crippen LogP contribution in [0, 0.1) is 0 Å². The standard InChI is InChI=1S/C13H18BNO3/c1-2-3-7-10-13(12(15)16)17-14(18-13)11-8-5-4-6-9-11/h4-6,8-9H,2-3,7,10H2,1H3,(H2,15,16). The maximum atomic E-state index is 11.4. The van der Waals surface area contributed by atoms with E-state index in [-0.39, 0.29) is 0 Å². The summed E-state index contributed by atoms with van der Waals surface area (Å²) < 4.78 is 11.2. The number of benzene rings is 1. The molecule has 1 aliphatic rings. The van der Waals surface area contributed by atoms with Gasteiger partial charge >= 0.3 is 7.12 Å². The first-order valence-corrected chi connectivity index (χ1v) is 6.38. The maximum absolute atomic E-state index is 11.4. The van der Waals surface area contributed by atoms with Gasteiger partial charge in [-0.25, -0.2) is 0 Å². The molecule has 18 heavy (non-hydrogen) atoms. The second kappa shape index (κ2) is 5.54. The Hall–Kier alpha value is -1.33. The van der Waals surface area contributed by atoms with Gasteiger partial charge in [0.25, 0.3) is 5.91 Å². The van der Waals surface area contributed by atoms with E-state index in [1.807, 2.05) is 30.3 Å². The molecule has 4 nitrogen and oxygen atoms in total. The Balaban J connectivity index is 1.95. The first-order chi connectivity index (χ1) is 8.68. The predicted molar refractivity (Wildman–Crippen MR) is 70.1 cm³/mol. The Bertz CT molecular complexity index is 404. The van der Waals surface area contributed by atoms with Crippen LogP contribution in [0.2, 0.25) is 0 Å². The van der Waals surface area contributed by atoms with E-state index in [0.717, 1.165) is 24.7 Å². The fourth-order valence-electron chi connectivity index (χ4n) is 2.07. The first kappa shape index (κ1) is 13.1. The number of unbranched alkanes of at least 4 members (excludes halogenated alkanes) is 2. The zero-order valence-corrected chi connectivity index (χ0v) is 10.6. The molecule has 2 rings (SSSR count). The highest BCUT2D eigenvalue weighted by Gasteiger charge is 2.54. The SMILES string of the molecule is CCCCCC1(C(N)=O)OB(c2ccccc2)O1. The van der Waals surface area contributed by atoms with Crippen LogP contribution in [0.1, 0.15) is 32.6 Å². The minimum absolute atomic E-state index is 0.472. The van der Waals surface area contributed by atoms with Crippen LogP contribution in [0.3, 0.4) is 0 Å². The van der Waals surface area contributed by atoms with Crippen LogP contribution in [-0.2, 0) is 14.1 Å². The van der Waals surface area contributed by atoms with Crippen molar-refractivity contribution >= 4 is 18.5 Å². The van der Waals surface area contributed by atoms with E-state index in [1.165, 1.54) is 0 Å². The molecule has 96 valence electrons. The van der Waals surface area contributed by atoms with Crippen LogP contribution in [0.4, 0.5) is 0 Å². The van der Waals surface area contributed by atoms with Crippen molar-refractivity contribution < 1.29 is 14.1 Å². The highest BCUT2D eigenvalue weighted by molar-refractivity contribution is 6.63. The van der Waals surface area contributed by atoms with Crippen molar-refractivity contribution in [2.75, 3.05) is 0 Å². The zero-order valence-electron chi connectivity index (χ0n) is 10.6. The average Bonchev–Trinajstić information content (AvgIpc) is 2.33. The molecule has 0 bridgehead atoms. The normalized spacial score (nSPS) is 17.3. The molecule has 1 saturated heterocycles. The molecule has 0 radical (unpaired) electrons. The smallest absolute Gasteiger partial charge is 0.372 e. The number of nitrogens with two attached hydrogens (primary N) is 1. The van der Waals surface area contributed by atoms with Gasteiger partial charge in [0, 0.05) is 6.42 Å². The summed E-state index contributed by atoms with van der Waals surface area (Å²) in [5.74, 6) is -1.75. The fourth-order valence-corrected chi connectivity index (χ4v) is 2.07. The Morgan fingerprint density at radius 1 is 1.28 bits per heavy atom. The van der Waals surface area contributed by atoms with Gasteiger partial charge in [-0.3, -0.25) is 4.79 Å². The molecule has 1 aromatic carbocycles. The van der Waals surface area contributed by atoms with Gasteiger partial charge in [-0.05, 0) is 11.9 Å². The minimum Gasteiger partial charge on any atom is -0.372 e. The van der Waals surface area contributed by atoms with Gasteiger partial charge in [0.05, 0.1) is 0 Å². The number of hydrogen-bond acceptors (Lipinski definition) is 3. The van der Waals surface area contributed by atoms with Crippen molar-refractivity contribution in [2.24, 2.45) is 5.73 Å². The largest absolute Gasteiger partial charge is 0.498 e. The molecule has 0 atom stereocenters. The van der Waals surface area contributed by atoms with Crippen molar-refractivity contribution in [1.29, 1.82) is 0 Å². The zero-order chi connectivity index (χ0) is 13.0. The molecule has 0 spiro atoms. The Morgan fingerprint density at radius 3 is 2.50 bits per heavy atom. The summed E-state index contributed by atoms with van der Waals surface area (Å²) in [6.07, 6.45) is 3.52. The van der Waals surface area contributed by atoms with E-state index in [1.54, 1.807) is 0 Å². The lowest BCUT2D eigenvalue weighted by Gasteiger charge is -2.44. The molecule has 0 saturated carbocycles. The molecule has 5 heteroatoms. The molecule has 1 aromatic rings. The summed E-state index contributed by atoms with van der Waals surface area (Å²) in [5, 5.41) is 0. The van der Waals surface area contributed by atoms with Crippen LogP contribution in [-0.4, -0.2) is 18.8 Å². The van der Waals surface area contributed by atoms with Gasteiger partial charge < -0.3 is 15.0 Å². The minimum atomic E-state index is -1.21. The molecule has 0 aliphatic carbocycles. The quantitative estimate of drug-likeness (QED) is 0.606. The van der Waals surface area contributed by atoms with E-state index >= 15 is 0 Å². The number of hydrogen-bond donors (Lipinski definition) is 1. The van der Waals surface area contributed by atoms with Crippen molar-refractivity contribution in [3.63, 3.8) is 0 Å². The topological polar surface area (TPSA) is 61.6 Å². The predicted octanol–water partition coefficient (Wildman–Crippen LogP) is 1.19. The van der Waals surface area contributed by atoms with Crippen LogP contribution < -0.4 is 11.2 Å². The number of carbonyl (C=O) groups is 1. The van der Waals surface area contributed by atoms with Gasteiger partial charge in [0.1, 0.15) is 0 Å².